The summed E-state index contributed by atoms with van der Waals surface area (Å²) in [6, 6.07) is 11.4. The van der Waals surface area contributed by atoms with E-state index in [9.17, 15) is 4.79 Å². The van der Waals surface area contributed by atoms with Gasteiger partial charge >= 0.3 is 0 Å². The second-order valence-electron chi connectivity index (χ2n) is 4.64. The second-order valence-corrected chi connectivity index (χ2v) is 5.92. The lowest BCUT2D eigenvalue weighted by atomic mass is 10.2. The second kappa shape index (κ2) is 6.20. The number of rotatable bonds is 2. The summed E-state index contributed by atoms with van der Waals surface area (Å²) in [5.74, 6) is -0.208. The number of nitrogens with zero attached hydrogens (tertiary/aromatic N) is 3. The van der Waals surface area contributed by atoms with Crippen LogP contribution in [0, 0.1) is 0 Å². The first-order valence-corrected chi connectivity index (χ1v) is 7.57. The molecular formula is C15H9Cl3N4O. The maximum Gasteiger partial charge on any atom is 0.282 e. The van der Waals surface area contributed by atoms with Crippen LogP contribution in [0.4, 0.5) is 5.95 Å². The number of aromatic nitrogens is 3. The Kier molecular flexibility index (Phi) is 4.26. The van der Waals surface area contributed by atoms with Crippen LogP contribution in [0.15, 0.2) is 42.5 Å². The average molecular weight is 368 g/mol. The number of nitrogens with two attached hydrogens (primary N) is 1. The van der Waals surface area contributed by atoms with E-state index in [1.165, 1.54) is 12.1 Å². The number of benzene rings is 2. The molecule has 0 unspecified atom stereocenters. The topological polar surface area (TPSA) is 73.8 Å². The van der Waals surface area contributed by atoms with Crippen molar-refractivity contribution < 1.29 is 4.79 Å². The first-order valence-electron chi connectivity index (χ1n) is 6.44. The number of hydrogen-bond donors (Lipinski definition) is 1. The molecule has 2 N–H and O–H groups in total. The summed E-state index contributed by atoms with van der Waals surface area (Å²) in [4.78, 5) is 16.6. The molecule has 0 aliphatic rings. The molecule has 116 valence electrons. The number of carbonyl (C=O) groups is 1. The number of halogens is 3. The molecule has 0 aliphatic heterocycles. The molecule has 5 nitrogen and oxygen atoms in total. The van der Waals surface area contributed by atoms with Crippen LogP contribution in [0.1, 0.15) is 10.4 Å². The van der Waals surface area contributed by atoms with Crippen LogP contribution in [-0.2, 0) is 0 Å². The van der Waals surface area contributed by atoms with Crippen molar-refractivity contribution in [2.24, 2.45) is 0 Å². The van der Waals surface area contributed by atoms with Crippen molar-refractivity contribution in [1.82, 2.24) is 14.8 Å². The average Bonchev–Trinajstić information content (AvgIpc) is 2.89. The zero-order valence-corrected chi connectivity index (χ0v) is 13.8. The van der Waals surface area contributed by atoms with Gasteiger partial charge in [0.25, 0.3) is 5.91 Å². The highest BCUT2D eigenvalue weighted by atomic mass is 35.5. The van der Waals surface area contributed by atoms with Gasteiger partial charge in [0, 0.05) is 15.6 Å². The van der Waals surface area contributed by atoms with E-state index in [0.29, 0.717) is 21.4 Å². The van der Waals surface area contributed by atoms with Gasteiger partial charge in [-0.2, -0.15) is 9.67 Å². The van der Waals surface area contributed by atoms with Crippen molar-refractivity contribution in [3.05, 3.63) is 63.1 Å². The van der Waals surface area contributed by atoms with Crippen LogP contribution in [0.25, 0.3) is 11.4 Å². The van der Waals surface area contributed by atoms with Crippen molar-refractivity contribution in [2.45, 2.75) is 0 Å². The molecule has 0 fully saturated rings. The molecule has 3 aromatic rings. The van der Waals surface area contributed by atoms with E-state index < -0.39 is 5.91 Å². The van der Waals surface area contributed by atoms with Gasteiger partial charge in [-0.15, -0.1) is 5.10 Å². The minimum Gasteiger partial charge on any atom is -0.368 e. The molecular weight excluding hydrogens is 359 g/mol. The summed E-state index contributed by atoms with van der Waals surface area (Å²) in [6.45, 7) is 0. The zero-order valence-electron chi connectivity index (χ0n) is 11.5. The molecule has 0 atom stereocenters. The van der Waals surface area contributed by atoms with E-state index in [1.54, 1.807) is 30.3 Å². The molecule has 0 spiro atoms. The Morgan fingerprint density at radius 2 is 1.65 bits per heavy atom. The van der Waals surface area contributed by atoms with Gasteiger partial charge in [-0.3, -0.25) is 4.79 Å². The van der Waals surface area contributed by atoms with Gasteiger partial charge in [-0.1, -0.05) is 34.8 Å². The first kappa shape index (κ1) is 15.8. The van der Waals surface area contributed by atoms with Crippen LogP contribution in [0.5, 0.6) is 0 Å². The van der Waals surface area contributed by atoms with Gasteiger partial charge in [-0.05, 0) is 42.5 Å². The number of anilines is 1. The van der Waals surface area contributed by atoms with E-state index in [4.69, 9.17) is 40.5 Å². The van der Waals surface area contributed by atoms with Crippen molar-refractivity contribution >= 4 is 46.7 Å². The van der Waals surface area contributed by atoms with Crippen LogP contribution in [0.2, 0.25) is 15.1 Å². The highest BCUT2D eigenvalue weighted by Gasteiger charge is 2.19. The predicted molar refractivity (Wildman–Crippen MR) is 91.1 cm³/mol. The summed E-state index contributed by atoms with van der Waals surface area (Å²) in [7, 11) is 0. The van der Waals surface area contributed by atoms with Crippen LogP contribution in [-0.4, -0.2) is 20.7 Å². The largest absolute Gasteiger partial charge is 0.368 e. The van der Waals surface area contributed by atoms with Gasteiger partial charge in [0.1, 0.15) is 0 Å². The smallest absolute Gasteiger partial charge is 0.282 e. The fourth-order valence-electron chi connectivity index (χ4n) is 1.97. The molecule has 1 heterocycles. The minimum absolute atomic E-state index is 0.0361. The first-order chi connectivity index (χ1) is 11.0. The van der Waals surface area contributed by atoms with E-state index in [0.717, 1.165) is 4.68 Å². The Balaban J connectivity index is 2.00. The predicted octanol–water partition coefficient (Wildman–Crippen LogP) is 4.18. The molecule has 0 bridgehead atoms. The fourth-order valence-corrected chi connectivity index (χ4v) is 2.59. The third-order valence-electron chi connectivity index (χ3n) is 3.09. The van der Waals surface area contributed by atoms with Gasteiger partial charge in [0.05, 0.1) is 10.6 Å². The third kappa shape index (κ3) is 3.17. The summed E-state index contributed by atoms with van der Waals surface area (Å²) >= 11 is 17.7. The Bertz CT molecular complexity index is 890. The summed E-state index contributed by atoms with van der Waals surface area (Å²) in [5, 5.41) is 5.38. The highest BCUT2D eigenvalue weighted by Crippen LogP contribution is 2.24. The fraction of sp³-hybridized carbons (Fsp3) is 0. The summed E-state index contributed by atoms with van der Waals surface area (Å²) in [6.07, 6.45) is 0. The molecule has 8 heteroatoms. The van der Waals surface area contributed by atoms with E-state index >= 15 is 0 Å². The van der Waals surface area contributed by atoms with Crippen LogP contribution >= 0.6 is 34.8 Å². The summed E-state index contributed by atoms with van der Waals surface area (Å²) in [5.41, 5.74) is 6.72. The maximum atomic E-state index is 12.5. The monoisotopic (exact) mass is 366 g/mol. The minimum atomic E-state index is -0.489. The van der Waals surface area contributed by atoms with Crippen LogP contribution < -0.4 is 5.73 Å². The normalized spacial score (nSPS) is 10.7. The third-order valence-corrected chi connectivity index (χ3v) is 3.89. The van der Waals surface area contributed by atoms with Crippen molar-refractivity contribution in [1.29, 1.82) is 0 Å². The van der Waals surface area contributed by atoms with Gasteiger partial charge in [0.2, 0.25) is 5.95 Å². The van der Waals surface area contributed by atoms with Crippen molar-refractivity contribution in [3.63, 3.8) is 0 Å². The maximum absolute atomic E-state index is 12.5. The van der Waals surface area contributed by atoms with E-state index in [1.807, 2.05) is 0 Å². The van der Waals surface area contributed by atoms with Gasteiger partial charge < -0.3 is 5.73 Å². The van der Waals surface area contributed by atoms with Crippen molar-refractivity contribution in [2.75, 3.05) is 5.73 Å². The SMILES string of the molecule is Nc1nc(-c2ccc(Cl)cc2)nn1C(=O)c1ccc(Cl)cc1Cl. The Morgan fingerprint density at radius 1 is 1.00 bits per heavy atom. The Hall–Kier alpha value is -2.08. The standard InChI is InChI=1S/C15H9Cl3N4O/c16-9-3-1-8(2-4-9)13-20-15(19)22(21-13)14(23)11-6-5-10(17)7-12(11)18/h1-7H,(H2,19,20,21). The highest BCUT2D eigenvalue weighted by molar-refractivity contribution is 6.36. The molecule has 23 heavy (non-hydrogen) atoms. The lowest BCUT2D eigenvalue weighted by Crippen LogP contribution is -2.16. The molecule has 0 saturated heterocycles. The molecule has 2 aromatic carbocycles. The van der Waals surface area contributed by atoms with Crippen LogP contribution in [0.3, 0.4) is 0 Å². The molecule has 0 radical (unpaired) electrons. The zero-order chi connectivity index (χ0) is 16.6. The number of carbonyl (C=O) groups excluding carboxylic acids is 1. The summed E-state index contributed by atoms with van der Waals surface area (Å²) < 4.78 is 0.999. The van der Waals surface area contributed by atoms with Gasteiger partial charge in [-0.25, -0.2) is 0 Å². The molecule has 3 rings (SSSR count). The molecule has 0 amide bonds. The Morgan fingerprint density at radius 3 is 2.30 bits per heavy atom. The Labute approximate surface area is 146 Å². The van der Waals surface area contributed by atoms with E-state index in [-0.39, 0.29) is 16.5 Å². The number of nitrogen functional groups attached to an aromatic ring is 1. The van der Waals surface area contributed by atoms with E-state index in [2.05, 4.69) is 10.1 Å². The quantitative estimate of drug-likeness (QED) is 0.737. The lowest BCUT2D eigenvalue weighted by Gasteiger charge is -2.04. The lowest BCUT2D eigenvalue weighted by molar-refractivity contribution is 0.0948. The molecule has 0 aliphatic carbocycles. The number of hydrogen-bond acceptors (Lipinski definition) is 4. The molecule has 0 saturated carbocycles. The van der Waals surface area contributed by atoms with Crippen molar-refractivity contribution in [3.8, 4) is 11.4 Å². The van der Waals surface area contributed by atoms with Gasteiger partial charge in [0.15, 0.2) is 5.82 Å². The molecule has 1 aromatic heterocycles.